The molecule has 1 aliphatic heterocycles. The summed E-state index contributed by atoms with van der Waals surface area (Å²) in [6, 6.07) is 10.0. The summed E-state index contributed by atoms with van der Waals surface area (Å²) >= 11 is 12.3. The summed E-state index contributed by atoms with van der Waals surface area (Å²) in [6.45, 7) is 2.91. The molecule has 0 saturated carbocycles. The first-order chi connectivity index (χ1) is 13.5. The van der Waals surface area contributed by atoms with Crippen LogP contribution in [0.5, 0.6) is 0 Å². The first kappa shape index (κ1) is 20.6. The quantitative estimate of drug-likeness (QED) is 0.374. The standard InChI is InChI=1S/C20H22Cl2N4O2/c21-16-4-1-14(2-5-16)13-26-9-7-17(8-10-26)24-20-18(22)11-15(12-23-20)3-6-19(27)25-28/h1-6,11-12,17,28H,7-10,13H2,(H,23,24)(H,25,27). The van der Waals surface area contributed by atoms with Crippen molar-refractivity contribution in [2.75, 3.05) is 18.4 Å². The highest BCUT2D eigenvalue weighted by atomic mass is 35.5. The van der Waals surface area contributed by atoms with Gasteiger partial charge in [0.2, 0.25) is 0 Å². The molecule has 0 atom stereocenters. The second-order valence-corrected chi connectivity index (χ2v) is 7.57. The fraction of sp³-hybridized carbons (Fsp3) is 0.300. The minimum Gasteiger partial charge on any atom is -0.366 e. The Morgan fingerprint density at radius 3 is 2.61 bits per heavy atom. The van der Waals surface area contributed by atoms with Crippen molar-refractivity contribution in [2.24, 2.45) is 0 Å². The number of aromatic nitrogens is 1. The van der Waals surface area contributed by atoms with Crippen LogP contribution in [0.4, 0.5) is 5.82 Å². The molecule has 1 aromatic carbocycles. The zero-order chi connectivity index (χ0) is 19.9. The molecular formula is C20H22Cl2N4O2. The van der Waals surface area contributed by atoms with Crippen molar-refractivity contribution in [3.8, 4) is 0 Å². The molecule has 3 rings (SSSR count). The summed E-state index contributed by atoms with van der Waals surface area (Å²) in [7, 11) is 0. The number of carbonyl (C=O) groups is 1. The number of amides is 1. The number of nitrogens with zero attached hydrogens (tertiary/aromatic N) is 2. The van der Waals surface area contributed by atoms with Crippen molar-refractivity contribution in [3.63, 3.8) is 0 Å². The third-order valence-electron chi connectivity index (χ3n) is 4.65. The molecule has 2 aromatic rings. The Morgan fingerprint density at radius 1 is 1.25 bits per heavy atom. The fourth-order valence-corrected chi connectivity index (χ4v) is 3.49. The second-order valence-electron chi connectivity index (χ2n) is 6.73. The van der Waals surface area contributed by atoms with Gasteiger partial charge in [-0.2, -0.15) is 0 Å². The first-order valence-corrected chi connectivity index (χ1v) is 9.80. The lowest BCUT2D eigenvalue weighted by molar-refractivity contribution is -0.124. The number of carbonyl (C=O) groups excluding carboxylic acids is 1. The van der Waals surface area contributed by atoms with E-state index in [1.165, 1.54) is 23.2 Å². The molecule has 1 aliphatic rings. The van der Waals surface area contributed by atoms with Crippen LogP contribution in [0.15, 0.2) is 42.6 Å². The molecule has 0 unspecified atom stereocenters. The van der Waals surface area contributed by atoms with Gasteiger partial charge in [0.25, 0.3) is 5.91 Å². The SMILES string of the molecule is O=C(C=Cc1cnc(NC2CCN(Cc3ccc(Cl)cc3)CC2)c(Cl)c1)NO. The van der Waals surface area contributed by atoms with Crippen LogP contribution in [-0.4, -0.2) is 40.1 Å². The molecule has 3 N–H and O–H groups in total. The smallest absolute Gasteiger partial charge is 0.267 e. The van der Waals surface area contributed by atoms with Crippen LogP contribution in [-0.2, 0) is 11.3 Å². The highest BCUT2D eigenvalue weighted by Gasteiger charge is 2.20. The first-order valence-electron chi connectivity index (χ1n) is 9.04. The summed E-state index contributed by atoms with van der Waals surface area (Å²) in [5.74, 6) is 0.0326. The second kappa shape index (κ2) is 9.89. The Morgan fingerprint density at radius 2 is 1.96 bits per heavy atom. The van der Waals surface area contributed by atoms with Crippen molar-refractivity contribution >= 4 is 41.0 Å². The Labute approximate surface area is 174 Å². The maximum Gasteiger partial charge on any atom is 0.267 e. The monoisotopic (exact) mass is 420 g/mol. The maximum absolute atomic E-state index is 11.0. The number of piperidine rings is 1. The lowest BCUT2D eigenvalue weighted by Gasteiger charge is -2.32. The summed E-state index contributed by atoms with van der Waals surface area (Å²) in [5.41, 5.74) is 3.48. The van der Waals surface area contributed by atoms with Crippen LogP contribution >= 0.6 is 23.2 Å². The number of rotatable bonds is 6. The summed E-state index contributed by atoms with van der Waals surface area (Å²) in [6.07, 6.45) is 6.37. The van der Waals surface area contributed by atoms with E-state index in [0.29, 0.717) is 22.4 Å². The van der Waals surface area contributed by atoms with Crippen molar-refractivity contribution < 1.29 is 10.0 Å². The molecule has 8 heteroatoms. The summed E-state index contributed by atoms with van der Waals surface area (Å²) in [4.78, 5) is 17.8. The van der Waals surface area contributed by atoms with Crippen LogP contribution < -0.4 is 10.8 Å². The van der Waals surface area contributed by atoms with E-state index in [0.717, 1.165) is 37.5 Å². The molecule has 0 bridgehead atoms. The number of halogens is 2. The van der Waals surface area contributed by atoms with Crippen LogP contribution in [0.25, 0.3) is 6.08 Å². The Hall–Kier alpha value is -2.12. The molecule has 0 radical (unpaired) electrons. The van der Waals surface area contributed by atoms with E-state index < -0.39 is 5.91 Å². The molecule has 6 nitrogen and oxygen atoms in total. The minimum atomic E-state index is -0.608. The Balaban J connectivity index is 1.51. The molecule has 0 aliphatic carbocycles. The van der Waals surface area contributed by atoms with E-state index in [1.54, 1.807) is 12.3 Å². The van der Waals surface area contributed by atoms with E-state index in [9.17, 15) is 4.79 Å². The number of anilines is 1. The third kappa shape index (κ3) is 5.94. The third-order valence-corrected chi connectivity index (χ3v) is 5.19. The van der Waals surface area contributed by atoms with Crippen LogP contribution in [0.3, 0.4) is 0 Å². The van der Waals surface area contributed by atoms with E-state index in [1.807, 2.05) is 12.1 Å². The maximum atomic E-state index is 11.0. The zero-order valence-corrected chi connectivity index (χ0v) is 16.7. The van der Waals surface area contributed by atoms with Crippen LogP contribution in [0, 0.1) is 0 Å². The van der Waals surface area contributed by atoms with Crippen LogP contribution in [0.2, 0.25) is 10.0 Å². The van der Waals surface area contributed by atoms with E-state index in [4.69, 9.17) is 28.4 Å². The molecule has 1 fully saturated rings. The summed E-state index contributed by atoms with van der Waals surface area (Å²) in [5, 5.41) is 13.2. The molecule has 148 valence electrons. The predicted molar refractivity (Wildman–Crippen MR) is 112 cm³/mol. The number of pyridine rings is 1. The molecule has 1 amide bonds. The number of likely N-dealkylation sites (tertiary alicyclic amines) is 1. The van der Waals surface area contributed by atoms with Gasteiger partial charge in [-0.05, 0) is 48.2 Å². The van der Waals surface area contributed by atoms with Gasteiger partial charge in [-0.25, -0.2) is 10.5 Å². The largest absolute Gasteiger partial charge is 0.366 e. The van der Waals surface area contributed by atoms with Crippen molar-refractivity contribution in [1.82, 2.24) is 15.4 Å². The van der Waals surface area contributed by atoms with E-state index >= 15 is 0 Å². The lowest BCUT2D eigenvalue weighted by Crippen LogP contribution is -2.38. The summed E-state index contributed by atoms with van der Waals surface area (Å²) < 4.78 is 0. The van der Waals surface area contributed by atoms with Gasteiger partial charge >= 0.3 is 0 Å². The number of hydrogen-bond donors (Lipinski definition) is 3. The number of benzene rings is 1. The molecule has 2 heterocycles. The average Bonchev–Trinajstić information content (AvgIpc) is 2.71. The normalized spacial score (nSPS) is 15.7. The average molecular weight is 421 g/mol. The molecule has 28 heavy (non-hydrogen) atoms. The molecule has 0 spiro atoms. The Kier molecular flexibility index (Phi) is 7.28. The number of hydrogen-bond acceptors (Lipinski definition) is 5. The highest BCUT2D eigenvalue weighted by molar-refractivity contribution is 6.33. The van der Waals surface area contributed by atoms with Crippen molar-refractivity contribution in [1.29, 1.82) is 0 Å². The van der Waals surface area contributed by atoms with Gasteiger partial charge in [0, 0.05) is 43.0 Å². The zero-order valence-electron chi connectivity index (χ0n) is 15.2. The van der Waals surface area contributed by atoms with Crippen molar-refractivity contribution in [3.05, 3.63) is 63.8 Å². The lowest BCUT2D eigenvalue weighted by atomic mass is 10.0. The highest BCUT2D eigenvalue weighted by Crippen LogP contribution is 2.24. The van der Waals surface area contributed by atoms with E-state index in [2.05, 4.69) is 27.3 Å². The fourth-order valence-electron chi connectivity index (χ4n) is 3.14. The number of hydroxylamine groups is 1. The van der Waals surface area contributed by atoms with Crippen LogP contribution in [0.1, 0.15) is 24.0 Å². The molecule has 1 aromatic heterocycles. The predicted octanol–water partition coefficient (Wildman–Crippen LogP) is 3.98. The van der Waals surface area contributed by atoms with Gasteiger partial charge in [0.05, 0.1) is 5.02 Å². The molecule has 1 saturated heterocycles. The minimum absolute atomic E-state index is 0.313. The number of nitrogens with one attached hydrogen (secondary N) is 2. The van der Waals surface area contributed by atoms with Gasteiger partial charge in [0.15, 0.2) is 0 Å². The van der Waals surface area contributed by atoms with Crippen molar-refractivity contribution in [2.45, 2.75) is 25.4 Å². The van der Waals surface area contributed by atoms with Gasteiger partial charge in [0.1, 0.15) is 5.82 Å². The molecular weight excluding hydrogens is 399 g/mol. The van der Waals surface area contributed by atoms with Gasteiger partial charge in [-0.15, -0.1) is 0 Å². The topological polar surface area (TPSA) is 77.5 Å². The van der Waals surface area contributed by atoms with Gasteiger partial charge < -0.3 is 5.32 Å². The Bertz CT molecular complexity index is 835. The van der Waals surface area contributed by atoms with E-state index in [-0.39, 0.29) is 0 Å². The van der Waals surface area contributed by atoms with Gasteiger partial charge in [-0.1, -0.05) is 35.3 Å². The van der Waals surface area contributed by atoms with Gasteiger partial charge in [-0.3, -0.25) is 14.9 Å².